The van der Waals surface area contributed by atoms with Crippen molar-refractivity contribution in [1.29, 1.82) is 0 Å². The summed E-state index contributed by atoms with van der Waals surface area (Å²) in [6, 6.07) is 5.03. The maximum Gasteiger partial charge on any atom is 0.165 e. The molecule has 16 heavy (non-hydrogen) atoms. The monoisotopic (exact) mass is 245 g/mol. The summed E-state index contributed by atoms with van der Waals surface area (Å²) in [5, 5.41) is 3.19. The van der Waals surface area contributed by atoms with E-state index in [-0.39, 0.29) is 5.82 Å². The first-order valence-corrected chi connectivity index (χ1v) is 5.99. The van der Waals surface area contributed by atoms with E-state index in [1.54, 1.807) is 6.07 Å². The maximum absolute atomic E-state index is 13.4. The zero-order chi connectivity index (χ0) is 11.8. The van der Waals surface area contributed by atoms with Crippen molar-refractivity contribution in [3.8, 4) is 5.75 Å². The highest BCUT2D eigenvalue weighted by Gasteiger charge is 2.03. The summed E-state index contributed by atoms with van der Waals surface area (Å²) in [4.78, 5) is 0. The number of hydrogen-bond acceptors (Lipinski definition) is 2. The second-order valence-corrected chi connectivity index (χ2v) is 3.80. The second kappa shape index (κ2) is 7.47. The third-order valence-electron chi connectivity index (χ3n) is 2.11. The number of ether oxygens (including phenoxy) is 1. The predicted octanol–water partition coefficient (Wildman–Crippen LogP) is 2.94. The molecule has 90 valence electrons. The largest absolute Gasteiger partial charge is 0.491 e. The molecule has 0 aliphatic rings. The van der Waals surface area contributed by atoms with Gasteiger partial charge in [0.05, 0.1) is 6.61 Å². The van der Waals surface area contributed by atoms with Crippen LogP contribution in [0.3, 0.4) is 0 Å². The molecule has 0 fully saturated rings. The highest BCUT2D eigenvalue weighted by molar-refractivity contribution is 6.17. The van der Waals surface area contributed by atoms with Gasteiger partial charge >= 0.3 is 0 Å². The molecule has 0 amide bonds. The Morgan fingerprint density at radius 2 is 2.25 bits per heavy atom. The molecule has 0 aliphatic carbocycles. The van der Waals surface area contributed by atoms with Gasteiger partial charge in [0.25, 0.3) is 0 Å². The molecule has 0 radical (unpaired) electrons. The molecule has 0 unspecified atom stereocenters. The van der Waals surface area contributed by atoms with Gasteiger partial charge in [0, 0.05) is 12.4 Å². The van der Waals surface area contributed by atoms with E-state index in [0.29, 0.717) is 24.8 Å². The summed E-state index contributed by atoms with van der Waals surface area (Å²) < 4.78 is 18.6. The number of hydrogen-bond donors (Lipinski definition) is 1. The SMILES string of the molecule is CCOc1ccc(CNCCCCl)cc1F. The fourth-order valence-electron chi connectivity index (χ4n) is 1.35. The van der Waals surface area contributed by atoms with E-state index >= 15 is 0 Å². The lowest BCUT2D eigenvalue weighted by atomic mass is 10.2. The molecule has 0 saturated carbocycles. The lowest BCUT2D eigenvalue weighted by molar-refractivity contribution is 0.321. The van der Waals surface area contributed by atoms with Gasteiger partial charge in [-0.2, -0.15) is 0 Å². The number of halogens is 2. The molecule has 0 heterocycles. The molecule has 1 N–H and O–H groups in total. The average molecular weight is 246 g/mol. The molecular weight excluding hydrogens is 229 g/mol. The number of benzene rings is 1. The van der Waals surface area contributed by atoms with E-state index in [4.69, 9.17) is 16.3 Å². The van der Waals surface area contributed by atoms with Crippen LogP contribution in [0.4, 0.5) is 4.39 Å². The molecule has 0 saturated heterocycles. The standard InChI is InChI=1S/C12H17ClFNO/c1-2-16-12-5-4-10(8-11(12)14)9-15-7-3-6-13/h4-5,8,15H,2-3,6-7,9H2,1H3. The Balaban J connectivity index is 2.46. The number of rotatable bonds is 7. The molecular formula is C12H17ClFNO. The van der Waals surface area contributed by atoms with Crippen molar-refractivity contribution in [2.24, 2.45) is 0 Å². The molecule has 0 bridgehead atoms. The van der Waals surface area contributed by atoms with Crippen molar-refractivity contribution in [2.45, 2.75) is 19.9 Å². The van der Waals surface area contributed by atoms with E-state index < -0.39 is 0 Å². The van der Waals surface area contributed by atoms with E-state index in [1.165, 1.54) is 6.07 Å². The summed E-state index contributed by atoms with van der Waals surface area (Å²) in [6.07, 6.45) is 0.918. The van der Waals surface area contributed by atoms with Gasteiger partial charge in [0.2, 0.25) is 0 Å². The molecule has 2 nitrogen and oxygen atoms in total. The molecule has 4 heteroatoms. The Kier molecular flexibility index (Phi) is 6.19. The Morgan fingerprint density at radius 1 is 1.44 bits per heavy atom. The third kappa shape index (κ3) is 4.37. The van der Waals surface area contributed by atoms with E-state index in [1.807, 2.05) is 13.0 Å². The zero-order valence-electron chi connectivity index (χ0n) is 9.43. The maximum atomic E-state index is 13.4. The number of nitrogens with one attached hydrogen (secondary N) is 1. The predicted molar refractivity (Wildman–Crippen MR) is 64.6 cm³/mol. The Bertz CT molecular complexity index is 320. The van der Waals surface area contributed by atoms with Crippen LogP contribution in [-0.2, 0) is 6.54 Å². The molecule has 0 atom stereocenters. The lowest BCUT2D eigenvalue weighted by Gasteiger charge is -2.07. The first-order chi connectivity index (χ1) is 7.77. The normalized spacial score (nSPS) is 10.4. The van der Waals surface area contributed by atoms with Crippen molar-refractivity contribution in [1.82, 2.24) is 5.32 Å². The Morgan fingerprint density at radius 3 is 2.88 bits per heavy atom. The van der Waals surface area contributed by atoms with Crippen LogP contribution in [0.15, 0.2) is 18.2 Å². The van der Waals surface area contributed by atoms with Gasteiger partial charge < -0.3 is 10.1 Å². The van der Waals surface area contributed by atoms with Crippen LogP contribution in [0.5, 0.6) is 5.75 Å². The van der Waals surface area contributed by atoms with Crippen LogP contribution >= 0.6 is 11.6 Å². The van der Waals surface area contributed by atoms with Crippen LogP contribution in [0.1, 0.15) is 18.9 Å². The van der Waals surface area contributed by atoms with Gasteiger partial charge in [0.15, 0.2) is 11.6 Å². The van der Waals surface area contributed by atoms with Crippen molar-refractivity contribution in [3.63, 3.8) is 0 Å². The van der Waals surface area contributed by atoms with Gasteiger partial charge in [-0.15, -0.1) is 11.6 Å². The molecule has 0 aliphatic heterocycles. The van der Waals surface area contributed by atoms with Crippen LogP contribution in [0, 0.1) is 5.82 Å². The third-order valence-corrected chi connectivity index (χ3v) is 2.38. The molecule has 1 rings (SSSR count). The van der Waals surface area contributed by atoms with Gasteiger partial charge in [0.1, 0.15) is 0 Å². The molecule has 1 aromatic rings. The number of alkyl halides is 1. The summed E-state index contributed by atoms with van der Waals surface area (Å²) in [6.45, 7) is 3.81. The zero-order valence-corrected chi connectivity index (χ0v) is 10.2. The summed E-state index contributed by atoms with van der Waals surface area (Å²) in [5.41, 5.74) is 0.913. The van der Waals surface area contributed by atoms with Crippen LogP contribution in [-0.4, -0.2) is 19.0 Å². The minimum absolute atomic E-state index is 0.307. The second-order valence-electron chi connectivity index (χ2n) is 3.42. The van der Waals surface area contributed by atoms with E-state index in [2.05, 4.69) is 5.32 Å². The molecule has 0 spiro atoms. The summed E-state index contributed by atoms with van der Waals surface area (Å²) >= 11 is 5.55. The first kappa shape index (κ1) is 13.3. The quantitative estimate of drug-likeness (QED) is 0.589. The fourth-order valence-corrected chi connectivity index (χ4v) is 1.49. The van der Waals surface area contributed by atoms with Crippen molar-refractivity contribution in [2.75, 3.05) is 19.0 Å². The van der Waals surface area contributed by atoms with Gasteiger partial charge in [-0.25, -0.2) is 4.39 Å². The summed E-state index contributed by atoms with van der Waals surface area (Å²) in [5.74, 6) is 0.649. The Labute approximate surface area is 101 Å². The highest BCUT2D eigenvalue weighted by atomic mass is 35.5. The lowest BCUT2D eigenvalue weighted by Crippen LogP contribution is -2.15. The van der Waals surface area contributed by atoms with Crippen molar-refractivity contribution >= 4 is 11.6 Å². The first-order valence-electron chi connectivity index (χ1n) is 5.45. The molecule has 0 aromatic heterocycles. The van der Waals surface area contributed by atoms with Gasteiger partial charge in [-0.1, -0.05) is 6.07 Å². The van der Waals surface area contributed by atoms with Crippen LogP contribution in [0.25, 0.3) is 0 Å². The average Bonchev–Trinajstić information content (AvgIpc) is 2.28. The minimum Gasteiger partial charge on any atom is -0.491 e. The van der Waals surface area contributed by atoms with Gasteiger partial charge in [-0.3, -0.25) is 0 Å². The smallest absolute Gasteiger partial charge is 0.165 e. The molecule has 1 aromatic carbocycles. The van der Waals surface area contributed by atoms with Crippen molar-refractivity contribution in [3.05, 3.63) is 29.6 Å². The Hall–Kier alpha value is -0.800. The summed E-state index contributed by atoms with van der Waals surface area (Å²) in [7, 11) is 0. The van der Waals surface area contributed by atoms with Crippen molar-refractivity contribution < 1.29 is 9.13 Å². The highest BCUT2D eigenvalue weighted by Crippen LogP contribution is 2.18. The van der Waals surface area contributed by atoms with Crippen LogP contribution < -0.4 is 10.1 Å². The van der Waals surface area contributed by atoms with E-state index in [9.17, 15) is 4.39 Å². The van der Waals surface area contributed by atoms with E-state index in [0.717, 1.165) is 18.5 Å². The van der Waals surface area contributed by atoms with Gasteiger partial charge in [-0.05, 0) is 37.6 Å². The fraction of sp³-hybridized carbons (Fsp3) is 0.500. The van der Waals surface area contributed by atoms with Crippen LogP contribution in [0.2, 0.25) is 0 Å². The minimum atomic E-state index is -0.307. The topological polar surface area (TPSA) is 21.3 Å².